The van der Waals surface area contributed by atoms with Gasteiger partial charge in [0.1, 0.15) is 11.4 Å². The van der Waals surface area contributed by atoms with Crippen LogP contribution >= 0.6 is 11.6 Å². The van der Waals surface area contributed by atoms with E-state index in [-0.39, 0.29) is 29.5 Å². The van der Waals surface area contributed by atoms with Gasteiger partial charge in [0, 0.05) is 6.07 Å². The summed E-state index contributed by atoms with van der Waals surface area (Å²) in [6.45, 7) is 1.85. The molecular formula is C11H12ClF2NO3. The molecule has 1 aromatic heterocycles. The van der Waals surface area contributed by atoms with Crippen molar-refractivity contribution in [3.05, 3.63) is 22.5 Å². The first-order chi connectivity index (χ1) is 8.49. The summed E-state index contributed by atoms with van der Waals surface area (Å²) in [5.74, 6) is -0.681. The van der Waals surface area contributed by atoms with E-state index >= 15 is 0 Å². The number of aromatic nitrogens is 1. The molecule has 0 aliphatic carbocycles. The zero-order valence-corrected chi connectivity index (χ0v) is 10.6. The van der Waals surface area contributed by atoms with E-state index in [1.807, 2.05) is 0 Å². The number of carbonyl (C=O) groups is 1. The molecule has 1 rings (SSSR count). The molecule has 18 heavy (non-hydrogen) atoms. The predicted octanol–water partition coefficient (Wildman–Crippen LogP) is 2.79. The fourth-order valence-corrected chi connectivity index (χ4v) is 1.53. The zero-order chi connectivity index (χ0) is 13.7. The van der Waals surface area contributed by atoms with Gasteiger partial charge >= 0.3 is 5.97 Å². The van der Waals surface area contributed by atoms with Crippen molar-refractivity contribution in [3.63, 3.8) is 0 Å². The van der Waals surface area contributed by atoms with Gasteiger partial charge in [-0.15, -0.1) is 0 Å². The molecule has 0 N–H and O–H groups in total. The summed E-state index contributed by atoms with van der Waals surface area (Å²) in [5, 5.41) is 0.0873. The number of carbonyl (C=O) groups excluding carboxylic acids is 1. The van der Waals surface area contributed by atoms with Crippen LogP contribution in [0.25, 0.3) is 0 Å². The summed E-state index contributed by atoms with van der Waals surface area (Å²) in [5.41, 5.74) is -0.493. The average molecular weight is 280 g/mol. The number of methoxy groups -OCH3 is 1. The quantitative estimate of drug-likeness (QED) is 0.778. The fourth-order valence-electron chi connectivity index (χ4n) is 1.32. The molecule has 0 aromatic carbocycles. The van der Waals surface area contributed by atoms with E-state index in [9.17, 15) is 13.6 Å². The highest BCUT2D eigenvalue weighted by Crippen LogP contribution is 2.31. The third kappa shape index (κ3) is 3.53. The van der Waals surface area contributed by atoms with Crippen molar-refractivity contribution in [2.75, 3.05) is 13.7 Å². The molecule has 0 fully saturated rings. The van der Waals surface area contributed by atoms with E-state index < -0.39 is 18.1 Å². The van der Waals surface area contributed by atoms with Crippen LogP contribution in [-0.4, -0.2) is 24.7 Å². The first kappa shape index (κ1) is 14.6. The van der Waals surface area contributed by atoms with E-state index in [4.69, 9.17) is 21.1 Å². The van der Waals surface area contributed by atoms with Crippen LogP contribution in [0.1, 0.15) is 24.7 Å². The van der Waals surface area contributed by atoms with Gasteiger partial charge in [0.15, 0.2) is 0 Å². The average Bonchev–Trinajstić information content (AvgIpc) is 2.31. The van der Waals surface area contributed by atoms with Gasteiger partial charge in [-0.2, -0.15) is 0 Å². The molecule has 0 atom stereocenters. The maximum atomic E-state index is 12.7. The first-order valence-electron chi connectivity index (χ1n) is 5.16. The molecule has 1 aromatic rings. The molecule has 0 aliphatic rings. The molecule has 0 saturated heterocycles. The molecule has 0 amide bonds. The van der Waals surface area contributed by atoms with Crippen molar-refractivity contribution in [2.45, 2.75) is 19.8 Å². The Bertz CT molecular complexity index is 441. The number of halogens is 3. The third-order valence-electron chi connectivity index (χ3n) is 2.09. The number of nitrogens with zero attached hydrogens (tertiary/aromatic N) is 1. The Morgan fingerprint density at radius 3 is 2.72 bits per heavy atom. The molecule has 0 aliphatic heterocycles. The van der Waals surface area contributed by atoms with Crippen molar-refractivity contribution in [1.29, 1.82) is 0 Å². The first-order valence-corrected chi connectivity index (χ1v) is 5.54. The Labute approximate surface area is 108 Å². The van der Waals surface area contributed by atoms with Gasteiger partial charge in [-0.05, 0) is 6.92 Å². The summed E-state index contributed by atoms with van der Waals surface area (Å²) in [6.07, 6.45) is -3.06. The number of hydrogen-bond acceptors (Lipinski definition) is 4. The number of ether oxygens (including phenoxy) is 2. The maximum absolute atomic E-state index is 12.7. The number of rotatable bonds is 5. The molecular weight excluding hydrogens is 268 g/mol. The van der Waals surface area contributed by atoms with Gasteiger partial charge in [-0.1, -0.05) is 11.6 Å². The van der Waals surface area contributed by atoms with Crippen molar-refractivity contribution in [2.24, 2.45) is 0 Å². The topological polar surface area (TPSA) is 48.4 Å². The SMILES string of the molecule is CCOC(=O)Cc1nc(C(F)F)c(OC)cc1Cl. The second-order valence-corrected chi connectivity index (χ2v) is 3.69. The highest BCUT2D eigenvalue weighted by atomic mass is 35.5. The van der Waals surface area contributed by atoms with Crippen LogP contribution in [0.4, 0.5) is 8.78 Å². The standard InChI is InChI=1S/C11H12ClF2NO3/c1-3-18-9(16)5-7-6(12)4-8(17-2)10(15-7)11(13)14/h4,11H,3,5H2,1-2H3. The Morgan fingerprint density at radius 1 is 1.56 bits per heavy atom. The van der Waals surface area contributed by atoms with Crippen LogP contribution < -0.4 is 4.74 Å². The summed E-state index contributed by atoms with van der Waals surface area (Å²) >= 11 is 5.83. The highest BCUT2D eigenvalue weighted by Gasteiger charge is 2.20. The smallest absolute Gasteiger partial charge is 0.311 e. The van der Waals surface area contributed by atoms with Gasteiger partial charge in [-0.25, -0.2) is 13.8 Å². The van der Waals surface area contributed by atoms with Crippen LogP contribution in [0.5, 0.6) is 5.75 Å². The van der Waals surface area contributed by atoms with Crippen LogP contribution in [0.2, 0.25) is 5.02 Å². The predicted molar refractivity (Wildman–Crippen MR) is 61.1 cm³/mol. The van der Waals surface area contributed by atoms with Gasteiger partial charge in [0.05, 0.1) is 30.9 Å². The van der Waals surface area contributed by atoms with Crippen molar-refractivity contribution >= 4 is 17.6 Å². The van der Waals surface area contributed by atoms with Crippen LogP contribution in [0, 0.1) is 0 Å². The van der Waals surface area contributed by atoms with Crippen molar-refractivity contribution in [1.82, 2.24) is 4.98 Å². The third-order valence-corrected chi connectivity index (χ3v) is 2.41. The number of hydrogen-bond donors (Lipinski definition) is 0. The molecule has 0 unspecified atom stereocenters. The highest BCUT2D eigenvalue weighted by molar-refractivity contribution is 6.31. The molecule has 0 bridgehead atoms. The van der Waals surface area contributed by atoms with Crippen LogP contribution in [0.15, 0.2) is 6.07 Å². The molecule has 0 spiro atoms. The molecule has 0 radical (unpaired) electrons. The van der Waals surface area contributed by atoms with Gasteiger partial charge in [-0.3, -0.25) is 4.79 Å². The van der Waals surface area contributed by atoms with E-state index in [1.165, 1.54) is 13.2 Å². The second-order valence-electron chi connectivity index (χ2n) is 3.29. The van der Waals surface area contributed by atoms with Crippen molar-refractivity contribution < 1.29 is 23.0 Å². The monoisotopic (exact) mass is 279 g/mol. The van der Waals surface area contributed by atoms with E-state index in [0.29, 0.717) is 0 Å². The second kappa shape index (κ2) is 6.49. The van der Waals surface area contributed by atoms with Crippen molar-refractivity contribution in [3.8, 4) is 5.75 Å². The number of esters is 1. The minimum absolute atomic E-state index is 0.0474. The summed E-state index contributed by atoms with van der Waals surface area (Å²) in [6, 6.07) is 1.21. The van der Waals surface area contributed by atoms with E-state index in [2.05, 4.69) is 4.98 Å². The lowest BCUT2D eigenvalue weighted by molar-refractivity contribution is -0.142. The fraction of sp³-hybridized carbons (Fsp3) is 0.455. The summed E-state index contributed by atoms with van der Waals surface area (Å²) in [4.78, 5) is 14.9. The van der Waals surface area contributed by atoms with Gasteiger partial charge in [0.2, 0.25) is 0 Å². The van der Waals surface area contributed by atoms with E-state index in [0.717, 1.165) is 0 Å². The van der Waals surface area contributed by atoms with E-state index in [1.54, 1.807) is 6.92 Å². The van der Waals surface area contributed by atoms with Crippen LogP contribution in [-0.2, 0) is 16.0 Å². The molecule has 0 saturated carbocycles. The lowest BCUT2D eigenvalue weighted by Gasteiger charge is -2.10. The maximum Gasteiger partial charge on any atom is 0.311 e. The van der Waals surface area contributed by atoms with Crippen LogP contribution in [0.3, 0.4) is 0 Å². The molecule has 100 valence electrons. The Kier molecular flexibility index (Phi) is 5.27. The molecule has 1 heterocycles. The van der Waals surface area contributed by atoms with Gasteiger partial charge < -0.3 is 9.47 Å². The molecule has 7 heteroatoms. The number of alkyl halides is 2. The zero-order valence-electron chi connectivity index (χ0n) is 9.87. The lowest BCUT2D eigenvalue weighted by atomic mass is 10.2. The minimum atomic E-state index is -2.81. The normalized spacial score (nSPS) is 10.6. The minimum Gasteiger partial charge on any atom is -0.495 e. The number of pyridine rings is 1. The Balaban J connectivity index is 3.05. The van der Waals surface area contributed by atoms with Gasteiger partial charge in [0.25, 0.3) is 6.43 Å². The summed E-state index contributed by atoms with van der Waals surface area (Å²) in [7, 11) is 1.24. The molecule has 4 nitrogen and oxygen atoms in total. The largest absolute Gasteiger partial charge is 0.495 e. The Hall–Kier alpha value is -1.43. The Morgan fingerprint density at radius 2 is 2.22 bits per heavy atom. The lowest BCUT2D eigenvalue weighted by Crippen LogP contribution is -2.11. The summed E-state index contributed by atoms with van der Waals surface area (Å²) < 4.78 is 34.9.